The monoisotopic (exact) mass is 258 g/mol. The lowest BCUT2D eigenvalue weighted by Crippen LogP contribution is -2.48. The standard InChI is InChI=1S/C9H10N2O7/c12-5(13)3-9(7(16)17,4-6(14)15)18-8-10-1-2-11-8/h1-2H,3-4H2,(H,10,11)(H,12,13)(H,14,15)(H,16,17). The quantitative estimate of drug-likeness (QED) is 0.514. The summed E-state index contributed by atoms with van der Waals surface area (Å²) < 4.78 is 4.90. The van der Waals surface area contributed by atoms with E-state index < -0.39 is 36.4 Å². The van der Waals surface area contributed by atoms with Crippen molar-refractivity contribution in [2.24, 2.45) is 0 Å². The Bertz CT molecular complexity index is 437. The normalized spacial score (nSPS) is 10.9. The summed E-state index contributed by atoms with van der Waals surface area (Å²) in [6, 6.07) is -0.264. The Balaban J connectivity index is 3.06. The lowest BCUT2D eigenvalue weighted by molar-refractivity contribution is -0.167. The van der Waals surface area contributed by atoms with Crippen LogP contribution in [0.25, 0.3) is 0 Å². The van der Waals surface area contributed by atoms with Gasteiger partial charge >= 0.3 is 17.9 Å². The predicted octanol–water partition coefficient (Wildman–Crippen LogP) is -0.439. The maximum atomic E-state index is 11.1. The van der Waals surface area contributed by atoms with Crippen LogP contribution in [0.3, 0.4) is 0 Å². The van der Waals surface area contributed by atoms with Gasteiger partial charge in [-0.2, -0.15) is 0 Å². The largest absolute Gasteiger partial charge is 0.481 e. The summed E-state index contributed by atoms with van der Waals surface area (Å²) in [7, 11) is 0. The van der Waals surface area contributed by atoms with Crippen LogP contribution >= 0.6 is 0 Å². The fourth-order valence-corrected chi connectivity index (χ4v) is 1.31. The number of hydrogen-bond donors (Lipinski definition) is 4. The zero-order chi connectivity index (χ0) is 13.8. The lowest BCUT2D eigenvalue weighted by Gasteiger charge is -2.25. The minimum absolute atomic E-state index is 0.264. The van der Waals surface area contributed by atoms with Gasteiger partial charge in [-0.05, 0) is 0 Å². The molecule has 0 saturated heterocycles. The second kappa shape index (κ2) is 5.17. The Kier molecular flexibility index (Phi) is 3.87. The van der Waals surface area contributed by atoms with Gasteiger partial charge in [-0.1, -0.05) is 0 Å². The van der Waals surface area contributed by atoms with Crippen LogP contribution in [0, 0.1) is 0 Å². The molecule has 9 nitrogen and oxygen atoms in total. The van der Waals surface area contributed by atoms with Crippen molar-refractivity contribution in [1.29, 1.82) is 0 Å². The second-order valence-electron chi connectivity index (χ2n) is 3.44. The molecule has 0 saturated carbocycles. The minimum atomic E-state index is -2.41. The Morgan fingerprint density at radius 3 is 2.11 bits per heavy atom. The maximum absolute atomic E-state index is 11.1. The summed E-state index contributed by atoms with van der Waals surface area (Å²) in [6.45, 7) is 0. The third-order valence-electron chi connectivity index (χ3n) is 2.03. The van der Waals surface area contributed by atoms with Gasteiger partial charge in [0.25, 0.3) is 6.01 Å². The predicted molar refractivity (Wildman–Crippen MR) is 54.1 cm³/mol. The first-order valence-electron chi connectivity index (χ1n) is 4.71. The van der Waals surface area contributed by atoms with Crippen molar-refractivity contribution in [3.8, 4) is 6.01 Å². The van der Waals surface area contributed by atoms with E-state index in [1.807, 2.05) is 0 Å². The molecule has 0 aliphatic rings. The van der Waals surface area contributed by atoms with Crippen LogP contribution in [0.2, 0.25) is 0 Å². The zero-order valence-corrected chi connectivity index (χ0v) is 8.99. The average Bonchev–Trinajstić information content (AvgIpc) is 2.67. The molecule has 9 heteroatoms. The molecule has 0 aromatic carbocycles. The summed E-state index contributed by atoms with van der Waals surface area (Å²) in [5, 5.41) is 26.4. The number of H-pyrrole nitrogens is 1. The minimum Gasteiger partial charge on any atom is -0.481 e. The first kappa shape index (κ1) is 13.5. The van der Waals surface area contributed by atoms with E-state index in [-0.39, 0.29) is 6.01 Å². The highest BCUT2D eigenvalue weighted by Crippen LogP contribution is 2.23. The molecule has 4 N–H and O–H groups in total. The highest BCUT2D eigenvalue weighted by atomic mass is 16.5. The molecule has 1 heterocycles. The van der Waals surface area contributed by atoms with E-state index in [9.17, 15) is 14.4 Å². The number of carboxylic acids is 3. The van der Waals surface area contributed by atoms with E-state index in [0.29, 0.717) is 0 Å². The molecule has 18 heavy (non-hydrogen) atoms. The molecule has 1 rings (SSSR count). The van der Waals surface area contributed by atoms with Gasteiger partial charge in [0.05, 0.1) is 12.8 Å². The highest BCUT2D eigenvalue weighted by molar-refractivity contribution is 5.88. The van der Waals surface area contributed by atoms with E-state index in [2.05, 4.69) is 9.97 Å². The van der Waals surface area contributed by atoms with Crippen LogP contribution in [0.5, 0.6) is 6.01 Å². The number of aromatic nitrogens is 2. The summed E-state index contributed by atoms with van der Waals surface area (Å²) in [4.78, 5) is 38.4. The number of carbonyl (C=O) groups is 3. The number of ether oxygens (including phenoxy) is 1. The number of hydrogen-bond acceptors (Lipinski definition) is 5. The van der Waals surface area contributed by atoms with Crippen molar-refractivity contribution in [3.63, 3.8) is 0 Å². The topological polar surface area (TPSA) is 150 Å². The maximum Gasteiger partial charge on any atom is 0.349 e. The van der Waals surface area contributed by atoms with E-state index in [0.717, 1.165) is 0 Å². The van der Waals surface area contributed by atoms with Crippen molar-refractivity contribution < 1.29 is 34.4 Å². The van der Waals surface area contributed by atoms with Gasteiger partial charge in [0.15, 0.2) is 0 Å². The summed E-state index contributed by atoms with van der Waals surface area (Å²) >= 11 is 0. The molecular formula is C9H10N2O7. The molecule has 1 aromatic rings. The Morgan fingerprint density at radius 1 is 1.22 bits per heavy atom. The molecule has 0 bridgehead atoms. The molecule has 0 atom stereocenters. The molecule has 0 aliphatic carbocycles. The van der Waals surface area contributed by atoms with Crippen molar-refractivity contribution >= 4 is 17.9 Å². The number of imidazole rings is 1. The number of aliphatic carboxylic acids is 3. The Morgan fingerprint density at radius 2 is 1.78 bits per heavy atom. The van der Waals surface area contributed by atoms with Gasteiger partial charge in [0, 0.05) is 12.4 Å². The molecule has 0 amide bonds. The van der Waals surface area contributed by atoms with Crippen LogP contribution in [0.1, 0.15) is 12.8 Å². The van der Waals surface area contributed by atoms with E-state index in [4.69, 9.17) is 20.1 Å². The van der Waals surface area contributed by atoms with E-state index in [1.54, 1.807) is 0 Å². The molecule has 0 aliphatic heterocycles. The number of nitrogens with one attached hydrogen (secondary N) is 1. The fourth-order valence-electron chi connectivity index (χ4n) is 1.31. The van der Waals surface area contributed by atoms with Crippen molar-refractivity contribution in [2.45, 2.75) is 18.4 Å². The van der Waals surface area contributed by atoms with Gasteiger partial charge < -0.3 is 25.0 Å². The van der Waals surface area contributed by atoms with Gasteiger partial charge in [0.2, 0.25) is 5.60 Å². The molecular weight excluding hydrogens is 248 g/mol. The molecule has 1 aromatic heterocycles. The Hall–Kier alpha value is -2.58. The number of rotatable bonds is 7. The summed E-state index contributed by atoms with van der Waals surface area (Å²) in [6.07, 6.45) is 0.567. The van der Waals surface area contributed by atoms with E-state index in [1.165, 1.54) is 12.4 Å². The van der Waals surface area contributed by atoms with Crippen molar-refractivity contribution in [2.75, 3.05) is 0 Å². The highest BCUT2D eigenvalue weighted by Gasteiger charge is 2.46. The van der Waals surface area contributed by atoms with Gasteiger partial charge in [-0.15, -0.1) is 0 Å². The Labute approximate surface area is 100 Å². The van der Waals surface area contributed by atoms with Crippen LogP contribution in [0.4, 0.5) is 0 Å². The number of carboxylic acid groups (broad SMARTS) is 3. The lowest BCUT2D eigenvalue weighted by atomic mass is 9.95. The van der Waals surface area contributed by atoms with Gasteiger partial charge in [-0.3, -0.25) is 9.59 Å². The second-order valence-corrected chi connectivity index (χ2v) is 3.44. The average molecular weight is 258 g/mol. The van der Waals surface area contributed by atoms with Crippen LogP contribution in [0.15, 0.2) is 12.4 Å². The summed E-state index contributed by atoms with van der Waals surface area (Å²) in [5.41, 5.74) is -2.41. The molecule has 0 spiro atoms. The summed E-state index contributed by atoms with van der Waals surface area (Å²) in [5.74, 6) is -4.68. The zero-order valence-electron chi connectivity index (χ0n) is 8.99. The number of nitrogens with zero attached hydrogens (tertiary/aromatic N) is 1. The molecule has 98 valence electrons. The third kappa shape index (κ3) is 3.20. The van der Waals surface area contributed by atoms with Gasteiger partial charge in [0.1, 0.15) is 0 Å². The SMILES string of the molecule is O=C(O)CC(CC(=O)O)(Oc1ncc[nH]1)C(=O)O. The number of aromatic amines is 1. The van der Waals surface area contributed by atoms with Crippen LogP contribution in [-0.2, 0) is 14.4 Å². The first-order chi connectivity index (χ1) is 8.35. The van der Waals surface area contributed by atoms with Crippen LogP contribution < -0.4 is 4.74 Å². The first-order valence-corrected chi connectivity index (χ1v) is 4.71. The van der Waals surface area contributed by atoms with E-state index >= 15 is 0 Å². The molecule has 0 radical (unpaired) electrons. The van der Waals surface area contributed by atoms with Crippen molar-refractivity contribution in [1.82, 2.24) is 9.97 Å². The smallest absolute Gasteiger partial charge is 0.349 e. The van der Waals surface area contributed by atoms with Gasteiger partial charge in [-0.25, -0.2) is 9.78 Å². The molecule has 0 unspecified atom stereocenters. The third-order valence-corrected chi connectivity index (χ3v) is 2.03. The van der Waals surface area contributed by atoms with Crippen molar-refractivity contribution in [3.05, 3.63) is 12.4 Å². The fraction of sp³-hybridized carbons (Fsp3) is 0.333. The van der Waals surface area contributed by atoms with Crippen LogP contribution in [-0.4, -0.2) is 48.8 Å². The molecule has 0 fully saturated rings.